The zero-order valence-electron chi connectivity index (χ0n) is 8.12. The van der Waals surface area contributed by atoms with E-state index < -0.39 is 11.6 Å². The fourth-order valence-electron chi connectivity index (χ4n) is 2.51. The molecular weight excluding hydrogens is 168 g/mol. The standard InChI is InChI=1S/C10H16O3/c1-6-3-4-7-8(5-6)13-9(11)10(7,2)12/h6-8,12H,3-5H2,1-2H3/t6?,7-,8?,10?/m1/s1. The largest absolute Gasteiger partial charge is 0.460 e. The first-order valence-electron chi connectivity index (χ1n) is 4.95. The predicted molar refractivity (Wildman–Crippen MR) is 47.0 cm³/mol. The topological polar surface area (TPSA) is 46.5 Å². The molecule has 0 bridgehead atoms. The van der Waals surface area contributed by atoms with E-state index in [1.54, 1.807) is 6.92 Å². The summed E-state index contributed by atoms with van der Waals surface area (Å²) in [7, 11) is 0. The van der Waals surface area contributed by atoms with Gasteiger partial charge in [0.25, 0.3) is 0 Å². The Morgan fingerprint density at radius 1 is 1.54 bits per heavy atom. The Morgan fingerprint density at radius 2 is 2.23 bits per heavy atom. The highest BCUT2D eigenvalue weighted by Crippen LogP contribution is 2.42. The van der Waals surface area contributed by atoms with Gasteiger partial charge < -0.3 is 9.84 Å². The van der Waals surface area contributed by atoms with Gasteiger partial charge in [0.05, 0.1) is 0 Å². The van der Waals surface area contributed by atoms with Crippen molar-refractivity contribution in [2.45, 2.75) is 44.8 Å². The van der Waals surface area contributed by atoms with Gasteiger partial charge in [0, 0.05) is 5.92 Å². The number of carbonyl (C=O) groups excluding carboxylic acids is 1. The molecule has 1 aliphatic heterocycles. The van der Waals surface area contributed by atoms with E-state index in [1.165, 1.54) is 0 Å². The molecule has 0 spiro atoms. The minimum absolute atomic E-state index is 0.0243. The van der Waals surface area contributed by atoms with E-state index in [0.29, 0.717) is 5.92 Å². The minimum Gasteiger partial charge on any atom is -0.460 e. The SMILES string of the molecule is CC1CC[C@@H]2C(C1)OC(=O)C2(C)O. The van der Waals surface area contributed by atoms with E-state index in [-0.39, 0.29) is 12.0 Å². The molecule has 1 N–H and O–H groups in total. The first-order valence-corrected chi connectivity index (χ1v) is 4.95. The normalized spacial score (nSPS) is 50.1. The van der Waals surface area contributed by atoms with Crippen LogP contribution in [0.3, 0.4) is 0 Å². The highest BCUT2D eigenvalue weighted by Gasteiger charge is 2.54. The Morgan fingerprint density at radius 3 is 2.92 bits per heavy atom. The van der Waals surface area contributed by atoms with Crippen molar-refractivity contribution in [2.75, 3.05) is 0 Å². The molecule has 1 saturated carbocycles. The Kier molecular flexibility index (Phi) is 1.88. The molecule has 2 fully saturated rings. The summed E-state index contributed by atoms with van der Waals surface area (Å²) in [6.07, 6.45) is 2.87. The van der Waals surface area contributed by atoms with Crippen LogP contribution < -0.4 is 0 Å². The summed E-state index contributed by atoms with van der Waals surface area (Å²) in [6, 6.07) is 0. The van der Waals surface area contributed by atoms with Gasteiger partial charge in [-0.3, -0.25) is 0 Å². The van der Waals surface area contributed by atoms with Gasteiger partial charge in [-0.2, -0.15) is 0 Å². The second-order valence-electron chi connectivity index (χ2n) is 4.62. The first kappa shape index (κ1) is 9.00. The highest BCUT2D eigenvalue weighted by atomic mass is 16.6. The lowest BCUT2D eigenvalue weighted by atomic mass is 9.75. The van der Waals surface area contributed by atoms with E-state index in [1.807, 2.05) is 0 Å². The van der Waals surface area contributed by atoms with Gasteiger partial charge >= 0.3 is 5.97 Å². The quantitative estimate of drug-likeness (QED) is 0.573. The van der Waals surface area contributed by atoms with E-state index in [2.05, 4.69) is 6.92 Å². The van der Waals surface area contributed by atoms with Crippen LogP contribution in [-0.4, -0.2) is 22.8 Å². The minimum atomic E-state index is -1.23. The van der Waals surface area contributed by atoms with Crippen molar-refractivity contribution in [3.8, 4) is 0 Å². The number of hydrogen-bond donors (Lipinski definition) is 1. The molecule has 0 radical (unpaired) electrons. The van der Waals surface area contributed by atoms with Gasteiger partial charge in [-0.05, 0) is 25.7 Å². The third-order valence-electron chi connectivity index (χ3n) is 3.45. The average molecular weight is 184 g/mol. The summed E-state index contributed by atoms with van der Waals surface area (Å²) in [5.41, 5.74) is -1.23. The molecule has 0 amide bonds. The molecule has 2 aliphatic rings. The van der Waals surface area contributed by atoms with Crippen LogP contribution in [0.25, 0.3) is 0 Å². The summed E-state index contributed by atoms with van der Waals surface area (Å²) in [4.78, 5) is 11.3. The maximum Gasteiger partial charge on any atom is 0.338 e. The predicted octanol–water partition coefficient (Wildman–Crippen LogP) is 1.10. The second-order valence-corrected chi connectivity index (χ2v) is 4.62. The molecule has 3 unspecified atom stereocenters. The Balaban J connectivity index is 2.18. The first-order chi connectivity index (χ1) is 6.01. The van der Waals surface area contributed by atoms with Crippen LogP contribution in [0.15, 0.2) is 0 Å². The van der Waals surface area contributed by atoms with Crippen LogP contribution in [0.5, 0.6) is 0 Å². The van der Waals surface area contributed by atoms with Crippen LogP contribution >= 0.6 is 0 Å². The van der Waals surface area contributed by atoms with Crippen LogP contribution in [0.4, 0.5) is 0 Å². The zero-order valence-corrected chi connectivity index (χ0v) is 8.12. The molecule has 1 heterocycles. The number of fused-ring (bicyclic) bond motifs is 1. The third-order valence-corrected chi connectivity index (χ3v) is 3.45. The van der Waals surface area contributed by atoms with Crippen LogP contribution in [0, 0.1) is 11.8 Å². The summed E-state index contributed by atoms with van der Waals surface area (Å²) >= 11 is 0. The number of hydrogen-bond acceptors (Lipinski definition) is 3. The molecule has 0 aromatic rings. The van der Waals surface area contributed by atoms with Crippen molar-refractivity contribution < 1.29 is 14.6 Å². The summed E-state index contributed by atoms with van der Waals surface area (Å²) in [5, 5.41) is 9.87. The van der Waals surface area contributed by atoms with Crippen molar-refractivity contribution in [3.05, 3.63) is 0 Å². The van der Waals surface area contributed by atoms with E-state index in [9.17, 15) is 9.90 Å². The summed E-state index contributed by atoms with van der Waals surface area (Å²) in [5.74, 6) is 0.204. The number of esters is 1. The Labute approximate surface area is 78.1 Å². The summed E-state index contributed by atoms with van der Waals surface area (Å²) in [6.45, 7) is 3.74. The molecular formula is C10H16O3. The molecule has 3 nitrogen and oxygen atoms in total. The summed E-state index contributed by atoms with van der Waals surface area (Å²) < 4.78 is 5.16. The fraction of sp³-hybridized carbons (Fsp3) is 0.900. The lowest BCUT2D eigenvalue weighted by Gasteiger charge is -2.31. The molecule has 4 atom stereocenters. The zero-order chi connectivity index (χ0) is 9.64. The lowest BCUT2D eigenvalue weighted by Crippen LogP contribution is -2.40. The number of carbonyl (C=O) groups is 1. The third kappa shape index (κ3) is 1.26. The molecule has 0 aromatic carbocycles. The Bertz CT molecular complexity index is 234. The van der Waals surface area contributed by atoms with E-state index >= 15 is 0 Å². The van der Waals surface area contributed by atoms with E-state index in [0.717, 1.165) is 19.3 Å². The molecule has 74 valence electrons. The van der Waals surface area contributed by atoms with Gasteiger partial charge in [-0.1, -0.05) is 13.3 Å². The highest BCUT2D eigenvalue weighted by molar-refractivity contribution is 5.81. The molecule has 13 heavy (non-hydrogen) atoms. The number of rotatable bonds is 0. The van der Waals surface area contributed by atoms with Gasteiger partial charge in [0.15, 0.2) is 5.60 Å². The number of aliphatic hydroxyl groups is 1. The van der Waals surface area contributed by atoms with Gasteiger partial charge in [-0.25, -0.2) is 4.79 Å². The molecule has 2 rings (SSSR count). The fourth-order valence-corrected chi connectivity index (χ4v) is 2.51. The van der Waals surface area contributed by atoms with Crippen molar-refractivity contribution >= 4 is 5.97 Å². The van der Waals surface area contributed by atoms with Crippen molar-refractivity contribution in [3.63, 3.8) is 0 Å². The van der Waals surface area contributed by atoms with Crippen molar-refractivity contribution in [2.24, 2.45) is 11.8 Å². The van der Waals surface area contributed by atoms with Crippen LogP contribution in [0.1, 0.15) is 33.1 Å². The smallest absolute Gasteiger partial charge is 0.338 e. The van der Waals surface area contributed by atoms with Crippen molar-refractivity contribution in [1.82, 2.24) is 0 Å². The molecule has 1 aliphatic carbocycles. The lowest BCUT2D eigenvalue weighted by molar-refractivity contribution is -0.154. The molecule has 0 aromatic heterocycles. The molecule has 3 heteroatoms. The molecule has 1 saturated heterocycles. The second kappa shape index (κ2) is 2.71. The maximum absolute atomic E-state index is 11.3. The van der Waals surface area contributed by atoms with E-state index in [4.69, 9.17) is 4.74 Å². The van der Waals surface area contributed by atoms with Crippen LogP contribution in [0.2, 0.25) is 0 Å². The van der Waals surface area contributed by atoms with Crippen molar-refractivity contribution in [1.29, 1.82) is 0 Å². The average Bonchev–Trinajstić information content (AvgIpc) is 2.23. The van der Waals surface area contributed by atoms with Gasteiger partial charge in [0.1, 0.15) is 6.10 Å². The maximum atomic E-state index is 11.3. The Hall–Kier alpha value is -0.570. The number of ether oxygens (including phenoxy) is 1. The van der Waals surface area contributed by atoms with Gasteiger partial charge in [0.2, 0.25) is 0 Å². The van der Waals surface area contributed by atoms with Gasteiger partial charge in [-0.15, -0.1) is 0 Å². The monoisotopic (exact) mass is 184 g/mol. The van der Waals surface area contributed by atoms with Crippen LogP contribution in [-0.2, 0) is 9.53 Å².